The molecule has 44 heavy (non-hydrogen) atoms. The number of halogens is 1. The third-order valence-electron chi connectivity index (χ3n) is 7.01. The summed E-state index contributed by atoms with van der Waals surface area (Å²) in [7, 11) is 4.52. The third kappa shape index (κ3) is 6.09. The van der Waals surface area contributed by atoms with Crippen LogP contribution in [0.15, 0.2) is 81.7 Å². The second-order valence-electron chi connectivity index (χ2n) is 9.72. The first kappa shape index (κ1) is 30.9. The Balaban J connectivity index is 1.66. The number of aromatic nitrogens is 1. The van der Waals surface area contributed by atoms with Gasteiger partial charge in [0.15, 0.2) is 16.3 Å². The van der Waals surface area contributed by atoms with Crippen molar-refractivity contribution in [3.8, 4) is 23.0 Å². The van der Waals surface area contributed by atoms with Gasteiger partial charge in [0, 0.05) is 10.6 Å². The number of ether oxygens (including phenoxy) is 5. The van der Waals surface area contributed by atoms with E-state index in [4.69, 9.17) is 35.3 Å². The summed E-state index contributed by atoms with van der Waals surface area (Å²) in [5.41, 5.74) is 2.55. The van der Waals surface area contributed by atoms with E-state index in [-0.39, 0.29) is 17.7 Å². The fourth-order valence-corrected chi connectivity index (χ4v) is 6.28. The smallest absolute Gasteiger partial charge is 0.338 e. The van der Waals surface area contributed by atoms with Crippen LogP contribution in [0.5, 0.6) is 23.0 Å². The fraction of sp³-hybridized carbons (Fsp3) is 0.242. The molecule has 0 saturated carbocycles. The average Bonchev–Trinajstić information content (AvgIpc) is 3.32. The summed E-state index contributed by atoms with van der Waals surface area (Å²) in [5, 5.41) is 0.625. The summed E-state index contributed by atoms with van der Waals surface area (Å²) in [6.45, 7) is 3.92. The van der Waals surface area contributed by atoms with Crippen molar-refractivity contribution in [2.75, 3.05) is 27.9 Å². The van der Waals surface area contributed by atoms with Crippen molar-refractivity contribution < 1.29 is 28.5 Å². The highest BCUT2D eigenvalue weighted by Gasteiger charge is 2.34. The molecular weight excluding hydrogens is 604 g/mol. The van der Waals surface area contributed by atoms with E-state index in [1.54, 1.807) is 38.1 Å². The Morgan fingerprint density at radius 2 is 1.73 bits per heavy atom. The lowest BCUT2D eigenvalue weighted by atomic mass is 9.95. The van der Waals surface area contributed by atoms with Crippen LogP contribution in [0.25, 0.3) is 6.08 Å². The van der Waals surface area contributed by atoms with Crippen LogP contribution >= 0.6 is 22.9 Å². The van der Waals surface area contributed by atoms with E-state index in [1.165, 1.54) is 37.2 Å². The molecule has 0 spiro atoms. The summed E-state index contributed by atoms with van der Waals surface area (Å²) in [6, 6.07) is 17.5. The Morgan fingerprint density at radius 3 is 2.39 bits per heavy atom. The highest BCUT2D eigenvalue weighted by molar-refractivity contribution is 7.07. The molecule has 0 amide bonds. The first-order valence-electron chi connectivity index (χ1n) is 13.7. The monoisotopic (exact) mass is 634 g/mol. The number of benzene rings is 3. The van der Waals surface area contributed by atoms with Gasteiger partial charge in [0.25, 0.3) is 5.56 Å². The standard InChI is InChI=1S/C33H31ClN2O7S/c1-6-42-32(38)28-19(2)35-33-36(29(28)22-15-25(39-3)30(41-5)26(16-22)40-4)31(37)27(44-33)17-21-11-7-8-13-24(21)43-18-20-10-9-12-23(34)14-20/h7-17,29H,6,18H2,1-5H3/b27-17-/t29-/m1/s1. The molecule has 1 atom stereocenters. The first-order valence-corrected chi connectivity index (χ1v) is 14.9. The molecule has 0 radical (unpaired) electrons. The van der Waals surface area contributed by atoms with Crippen molar-refractivity contribution in [2.24, 2.45) is 4.99 Å². The number of rotatable bonds is 10. The van der Waals surface area contributed by atoms with Gasteiger partial charge in [-0.3, -0.25) is 9.36 Å². The lowest BCUT2D eigenvalue weighted by Gasteiger charge is -2.26. The zero-order valence-corrected chi connectivity index (χ0v) is 26.5. The molecule has 5 rings (SSSR count). The number of thiazole rings is 1. The summed E-state index contributed by atoms with van der Waals surface area (Å²) >= 11 is 7.36. The van der Waals surface area contributed by atoms with Crippen molar-refractivity contribution >= 4 is 35.0 Å². The summed E-state index contributed by atoms with van der Waals surface area (Å²) in [4.78, 5) is 32.6. The molecule has 4 aromatic rings. The Labute approximate surface area is 263 Å². The van der Waals surface area contributed by atoms with Gasteiger partial charge in [-0.15, -0.1) is 0 Å². The molecule has 1 aliphatic heterocycles. The highest BCUT2D eigenvalue weighted by atomic mass is 35.5. The maximum Gasteiger partial charge on any atom is 0.338 e. The second kappa shape index (κ2) is 13.4. The molecule has 11 heteroatoms. The molecular formula is C33H31ClN2O7S. The average molecular weight is 635 g/mol. The van der Waals surface area contributed by atoms with Gasteiger partial charge in [0.1, 0.15) is 12.4 Å². The maximum atomic E-state index is 14.2. The number of para-hydroxylation sites is 1. The summed E-state index contributed by atoms with van der Waals surface area (Å²) < 4.78 is 30.1. The van der Waals surface area contributed by atoms with Crippen LogP contribution in [-0.4, -0.2) is 38.5 Å². The van der Waals surface area contributed by atoms with E-state index in [2.05, 4.69) is 4.99 Å². The van der Waals surface area contributed by atoms with E-state index in [9.17, 15) is 9.59 Å². The van der Waals surface area contributed by atoms with Gasteiger partial charge in [-0.05, 0) is 61.4 Å². The van der Waals surface area contributed by atoms with Crippen LogP contribution in [-0.2, 0) is 16.1 Å². The first-order chi connectivity index (χ1) is 21.3. The maximum absolute atomic E-state index is 14.2. The Morgan fingerprint density at radius 1 is 1.00 bits per heavy atom. The van der Waals surface area contributed by atoms with Crippen LogP contribution in [0.2, 0.25) is 5.02 Å². The normalized spacial score (nSPS) is 14.5. The van der Waals surface area contributed by atoms with Crippen molar-refractivity contribution in [3.05, 3.63) is 113 Å². The number of methoxy groups -OCH3 is 3. The van der Waals surface area contributed by atoms with Crippen LogP contribution < -0.4 is 33.8 Å². The third-order valence-corrected chi connectivity index (χ3v) is 8.23. The minimum atomic E-state index is -0.865. The van der Waals surface area contributed by atoms with Crippen molar-refractivity contribution in [3.63, 3.8) is 0 Å². The largest absolute Gasteiger partial charge is 0.493 e. The van der Waals surface area contributed by atoms with Crippen LogP contribution in [0.3, 0.4) is 0 Å². The molecule has 0 unspecified atom stereocenters. The minimum Gasteiger partial charge on any atom is -0.493 e. The zero-order valence-electron chi connectivity index (χ0n) is 24.9. The molecule has 0 N–H and O–H groups in total. The van der Waals surface area contributed by atoms with Gasteiger partial charge in [0.2, 0.25) is 5.75 Å². The molecule has 0 bridgehead atoms. The van der Waals surface area contributed by atoms with E-state index in [0.29, 0.717) is 60.8 Å². The molecule has 2 heterocycles. The van der Waals surface area contributed by atoms with Crippen LogP contribution in [0, 0.1) is 0 Å². The number of nitrogens with zero attached hydrogens (tertiary/aromatic N) is 2. The second-order valence-corrected chi connectivity index (χ2v) is 11.2. The minimum absolute atomic E-state index is 0.161. The van der Waals surface area contributed by atoms with E-state index >= 15 is 0 Å². The number of fused-ring (bicyclic) bond motifs is 1. The van der Waals surface area contributed by atoms with Gasteiger partial charge in [0.05, 0.1) is 49.8 Å². The van der Waals surface area contributed by atoms with E-state index in [1.807, 2.05) is 42.5 Å². The highest BCUT2D eigenvalue weighted by Crippen LogP contribution is 2.42. The van der Waals surface area contributed by atoms with Gasteiger partial charge >= 0.3 is 5.97 Å². The molecule has 0 fully saturated rings. The number of carbonyl (C=O) groups is 1. The number of hydrogen-bond donors (Lipinski definition) is 0. The van der Waals surface area contributed by atoms with Crippen LogP contribution in [0.4, 0.5) is 0 Å². The van der Waals surface area contributed by atoms with Crippen LogP contribution in [0.1, 0.15) is 36.6 Å². The predicted molar refractivity (Wildman–Crippen MR) is 169 cm³/mol. The quantitative estimate of drug-likeness (QED) is 0.225. The Hall–Kier alpha value is -4.54. The number of esters is 1. The molecule has 0 aliphatic carbocycles. The van der Waals surface area contributed by atoms with Gasteiger partial charge in [-0.25, -0.2) is 9.79 Å². The number of carbonyl (C=O) groups excluding carboxylic acids is 1. The number of allylic oxidation sites excluding steroid dienone is 1. The Bertz CT molecular complexity index is 1900. The molecule has 3 aromatic carbocycles. The molecule has 228 valence electrons. The van der Waals surface area contributed by atoms with Crippen molar-refractivity contribution in [2.45, 2.75) is 26.5 Å². The van der Waals surface area contributed by atoms with Gasteiger partial charge in [-0.1, -0.05) is 53.3 Å². The van der Waals surface area contributed by atoms with Gasteiger partial charge in [-0.2, -0.15) is 0 Å². The lowest BCUT2D eigenvalue weighted by Crippen LogP contribution is -2.40. The SMILES string of the molecule is CCOC(=O)C1=C(C)N=c2s/c(=C\c3ccccc3OCc3cccc(Cl)c3)c(=O)n2[C@@H]1c1cc(OC)c(OC)c(OC)c1. The molecule has 1 aliphatic rings. The lowest BCUT2D eigenvalue weighted by molar-refractivity contribution is -0.139. The summed E-state index contributed by atoms with van der Waals surface area (Å²) in [6.07, 6.45) is 1.77. The fourth-order valence-electron chi connectivity index (χ4n) is 5.03. The molecule has 0 saturated heterocycles. The zero-order chi connectivity index (χ0) is 31.4. The topological polar surface area (TPSA) is 97.6 Å². The van der Waals surface area contributed by atoms with Gasteiger partial charge < -0.3 is 23.7 Å². The molecule has 9 nitrogen and oxygen atoms in total. The Kier molecular flexibility index (Phi) is 9.41. The van der Waals surface area contributed by atoms with Crippen molar-refractivity contribution in [1.29, 1.82) is 0 Å². The van der Waals surface area contributed by atoms with E-state index in [0.717, 1.165) is 5.56 Å². The van der Waals surface area contributed by atoms with E-state index < -0.39 is 12.0 Å². The predicted octanol–water partition coefficient (Wildman–Crippen LogP) is 5.06. The summed E-state index contributed by atoms with van der Waals surface area (Å²) in [5.74, 6) is 1.18. The number of hydrogen-bond acceptors (Lipinski definition) is 9. The molecule has 1 aromatic heterocycles. The van der Waals surface area contributed by atoms with Crippen molar-refractivity contribution in [1.82, 2.24) is 4.57 Å².